The molecule has 0 aliphatic heterocycles. The maximum Gasteiger partial charge on any atom is 0.264 e. The van der Waals surface area contributed by atoms with E-state index >= 15 is 0 Å². The molecule has 208 valence electrons. The van der Waals surface area contributed by atoms with E-state index < -0.39 is 28.5 Å². The smallest absolute Gasteiger partial charge is 0.264 e. The number of amides is 2. The summed E-state index contributed by atoms with van der Waals surface area (Å²) in [5, 5.41) is 2.74. The van der Waals surface area contributed by atoms with Crippen LogP contribution in [0.3, 0.4) is 0 Å². The van der Waals surface area contributed by atoms with E-state index in [1.54, 1.807) is 75.6 Å². The van der Waals surface area contributed by atoms with E-state index in [1.165, 1.54) is 24.1 Å². The summed E-state index contributed by atoms with van der Waals surface area (Å²) in [5.41, 5.74) is 1.93. The zero-order valence-corrected chi connectivity index (χ0v) is 23.7. The summed E-state index contributed by atoms with van der Waals surface area (Å²) < 4.78 is 39.2. The van der Waals surface area contributed by atoms with Crippen LogP contribution >= 0.6 is 0 Å². The van der Waals surface area contributed by atoms with Crippen molar-refractivity contribution in [2.45, 2.75) is 38.3 Å². The maximum atomic E-state index is 13.9. The molecule has 0 bridgehead atoms. The first-order valence-electron chi connectivity index (χ1n) is 12.5. The van der Waals surface area contributed by atoms with E-state index in [-0.39, 0.29) is 23.0 Å². The average Bonchev–Trinajstić information content (AvgIpc) is 2.94. The van der Waals surface area contributed by atoms with Gasteiger partial charge in [0.15, 0.2) is 0 Å². The molecule has 0 radical (unpaired) electrons. The molecule has 39 heavy (non-hydrogen) atoms. The highest BCUT2D eigenvalue weighted by Crippen LogP contribution is 2.27. The second kappa shape index (κ2) is 13.1. The van der Waals surface area contributed by atoms with Gasteiger partial charge in [0.05, 0.1) is 24.8 Å². The van der Waals surface area contributed by atoms with Gasteiger partial charge in [-0.3, -0.25) is 13.9 Å². The lowest BCUT2D eigenvalue weighted by Crippen LogP contribution is -2.51. The van der Waals surface area contributed by atoms with Crippen LogP contribution < -0.4 is 19.1 Å². The number of hydrogen-bond donors (Lipinski definition) is 1. The van der Waals surface area contributed by atoms with Crippen LogP contribution in [0.4, 0.5) is 5.69 Å². The van der Waals surface area contributed by atoms with Gasteiger partial charge in [-0.2, -0.15) is 0 Å². The number of nitrogens with one attached hydrogen (secondary N) is 1. The quantitative estimate of drug-likeness (QED) is 0.366. The van der Waals surface area contributed by atoms with Crippen LogP contribution in [0, 0.1) is 6.92 Å². The first kappa shape index (κ1) is 29.5. The van der Waals surface area contributed by atoms with Crippen LogP contribution in [0.5, 0.6) is 11.5 Å². The van der Waals surface area contributed by atoms with Gasteiger partial charge in [0.25, 0.3) is 10.0 Å². The number of methoxy groups -OCH3 is 2. The normalized spacial score (nSPS) is 11.8. The van der Waals surface area contributed by atoms with E-state index in [1.807, 2.05) is 13.0 Å². The number of sulfonamides is 1. The van der Waals surface area contributed by atoms with Crippen molar-refractivity contribution >= 4 is 27.5 Å². The molecule has 0 spiro atoms. The predicted molar refractivity (Wildman–Crippen MR) is 150 cm³/mol. The van der Waals surface area contributed by atoms with Crippen LogP contribution in [0.15, 0.2) is 77.7 Å². The van der Waals surface area contributed by atoms with Crippen LogP contribution in [-0.2, 0) is 26.2 Å². The number of likely N-dealkylation sites (N-methyl/N-ethyl adjacent to an activating group) is 1. The van der Waals surface area contributed by atoms with E-state index in [0.29, 0.717) is 18.0 Å². The monoisotopic (exact) mass is 553 g/mol. The van der Waals surface area contributed by atoms with Gasteiger partial charge in [-0.15, -0.1) is 0 Å². The third-order valence-electron chi connectivity index (χ3n) is 6.25. The van der Waals surface area contributed by atoms with Crippen molar-refractivity contribution in [1.82, 2.24) is 10.2 Å². The number of aryl methyl sites for hydroxylation is 1. The first-order valence-corrected chi connectivity index (χ1v) is 14.0. The van der Waals surface area contributed by atoms with Crippen molar-refractivity contribution in [3.8, 4) is 11.5 Å². The van der Waals surface area contributed by atoms with Crippen molar-refractivity contribution in [1.29, 1.82) is 0 Å². The Morgan fingerprint density at radius 1 is 0.923 bits per heavy atom. The molecule has 0 heterocycles. The molecular weight excluding hydrogens is 518 g/mol. The zero-order valence-electron chi connectivity index (χ0n) is 22.9. The zero-order chi connectivity index (χ0) is 28.6. The fraction of sp³-hybridized carbons (Fsp3) is 0.310. The summed E-state index contributed by atoms with van der Waals surface area (Å²) in [6.07, 6.45) is 0. The summed E-state index contributed by atoms with van der Waals surface area (Å²) >= 11 is 0. The Morgan fingerprint density at radius 2 is 1.56 bits per heavy atom. The standard InChI is InChI=1S/C29H35N3O6S/c1-6-30-29(34)22(3)31(19-23-8-7-9-26(18-23)38-5)28(33)20-32(24-12-14-25(37-4)15-13-24)39(35,36)27-16-10-21(2)11-17-27/h7-18,22H,6,19-20H2,1-5H3,(H,30,34). The molecule has 0 saturated carbocycles. The molecule has 1 atom stereocenters. The van der Waals surface area contributed by atoms with Gasteiger partial charge in [0.1, 0.15) is 24.1 Å². The van der Waals surface area contributed by atoms with Crippen molar-refractivity contribution in [2.24, 2.45) is 0 Å². The van der Waals surface area contributed by atoms with Crippen molar-refractivity contribution in [3.63, 3.8) is 0 Å². The number of hydrogen-bond acceptors (Lipinski definition) is 6. The minimum absolute atomic E-state index is 0.0489. The number of carbonyl (C=O) groups excluding carboxylic acids is 2. The maximum absolute atomic E-state index is 13.9. The van der Waals surface area contributed by atoms with Gasteiger partial charge in [0.2, 0.25) is 11.8 Å². The molecule has 3 rings (SSSR count). The topological polar surface area (TPSA) is 105 Å². The van der Waals surface area contributed by atoms with Gasteiger partial charge in [-0.25, -0.2) is 8.42 Å². The summed E-state index contributed by atoms with van der Waals surface area (Å²) in [6.45, 7) is 5.23. The number of rotatable bonds is 12. The Morgan fingerprint density at radius 3 is 2.15 bits per heavy atom. The second-order valence-electron chi connectivity index (χ2n) is 8.97. The molecule has 0 aromatic heterocycles. The fourth-order valence-electron chi connectivity index (χ4n) is 3.99. The summed E-state index contributed by atoms with van der Waals surface area (Å²) in [4.78, 5) is 28.1. The van der Waals surface area contributed by atoms with Crippen molar-refractivity contribution in [3.05, 3.63) is 83.9 Å². The number of nitrogens with zero attached hydrogens (tertiary/aromatic N) is 2. The molecule has 0 saturated heterocycles. The molecule has 10 heteroatoms. The average molecular weight is 554 g/mol. The molecule has 3 aromatic carbocycles. The minimum atomic E-state index is -4.13. The Bertz CT molecular complexity index is 1370. The predicted octanol–water partition coefficient (Wildman–Crippen LogP) is 3.76. The van der Waals surface area contributed by atoms with Gasteiger partial charge >= 0.3 is 0 Å². The summed E-state index contributed by atoms with van der Waals surface area (Å²) in [7, 11) is -1.08. The van der Waals surface area contributed by atoms with Crippen molar-refractivity contribution in [2.75, 3.05) is 31.6 Å². The Kier molecular flexibility index (Phi) is 9.95. The van der Waals surface area contributed by atoms with E-state index in [4.69, 9.17) is 9.47 Å². The fourth-order valence-corrected chi connectivity index (χ4v) is 5.40. The SMILES string of the molecule is CCNC(=O)C(C)N(Cc1cccc(OC)c1)C(=O)CN(c1ccc(OC)cc1)S(=O)(=O)c1ccc(C)cc1. The molecule has 9 nitrogen and oxygen atoms in total. The van der Waals surface area contributed by atoms with E-state index in [9.17, 15) is 18.0 Å². The minimum Gasteiger partial charge on any atom is -0.497 e. The van der Waals surface area contributed by atoms with Crippen LogP contribution in [0.2, 0.25) is 0 Å². The van der Waals surface area contributed by atoms with Gasteiger partial charge in [-0.1, -0.05) is 29.8 Å². The molecule has 1 N–H and O–H groups in total. The van der Waals surface area contributed by atoms with Crippen LogP contribution in [-0.4, -0.2) is 58.5 Å². The molecular formula is C29H35N3O6S. The molecule has 2 amide bonds. The summed E-state index contributed by atoms with van der Waals surface area (Å²) in [5.74, 6) is 0.267. The first-order chi connectivity index (χ1) is 18.6. The number of benzene rings is 3. The lowest BCUT2D eigenvalue weighted by atomic mass is 10.1. The third kappa shape index (κ3) is 7.29. The highest BCUT2D eigenvalue weighted by atomic mass is 32.2. The number of ether oxygens (including phenoxy) is 2. The molecule has 3 aromatic rings. The molecule has 1 unspecified atom stereocenters. The van der Waals surface area contributed by atoms with Gasteiger partial charge in [0, 0.05) is 13.1 Å². The molecule has 0 aliphatic carbocycles. The lowest BCUT2D eigenvalue weighted by Gasteiger charge is -2.32. The van der Waals surface area contributed by atoms with E-state index in [2.05, 4.69) is 5.32 Å². The Balaban J connectivity index is 2.03. The lowest BCUT2D eigenvalue weighted by molar-refractivity contribution is -0.139. The van der Waals surface area contributed by atoms with Gasteiger partial charge in [-0.05, 0) is 74.9 Å². The highest BCUT2D eigenvalue weighted by Gasteiger charge is 2.32. The third-order valence-corrected chi connectivity index (χ3v) is 8.04. The Hall–Kier alpha value is -4.05. The van der Waals surface area contributed by atoms with Crippen molar-refractivity contribution < 1.29 is 27.5 Å². The van der Waals surface area contributed by atoms with Crippen LogP contribution in [0.1, 0.15) is 25.0 Å². The number of anilines is 1. The van der Waals surface area contributed by atoms with E-state index in [0.717, 1.165) is 15.4 Å². The van der Waals surface area contributed by atoms with Crippen LogP contribution in [0.25, 0.3) is 0 Å². The Labute approximate surface area is 230 Å². The van der Waals surface area contributed by atoms with Gasteiger partial charge < -0.3 is 19.7 Å². The second-order valence-corrected chi connectivity index (χ2v) is 10.8. The summed E-state index contributed by atoms with van der Waals surface area (Å²) in [6, 6.07) is 19.1. The molecule has 0 fully saturated rings. The largest absolute Gasteiger partial charge is 0.497 e. The molecule has 0 aliphatic rings. The highest BCUT2D eigenvalue weighted by molar-refractivity contribution is 7.92. The number of carbonyl (C=O) groups is 2.